The van der Waals surface area contributed by atoms with Crippen LogP contribution in [0.15, 0.2) is 65.6 Å². The Morgan fingerprint density at radius 1 is 1.00 bits per heavy atom. The predicted octanol–water partition coefficient (Wildman–Crippen LogP) is 4.74. The van der Waals surface area contributed by atoms with Crippen molar-refractivity contribution in [2.75, 3.05) is 0 Å². The zero-order chi connectivity index (χ0) is 20.3. The normalized spacial score (nSPS) is 11.8. The molecule has 142 valence electrons. The number of rotatable bonds is 2. The van der Waals surface area contributed by atoms with Crippen molar-refractivity contribution in [1.82, 2.24) is 4.57 Å². The summed E-state index contributed by atoms with van der Waals surface area (Å²) in [5, 5.41) is 9.16. The van der Waals surface area contributed by atoms with Gasteiger partial charge < -0.3 is 14.4 Å². The van der Waals surface area contributed by atoms with Gasteiger partial charge in [0.05, 0.1) is 11.1 Å². The Labute approximate surface area is 162 Å². The second-order valence-electron chi connectivity index (χ2n) is 6.60. The molecule has 2 heterocycles. The Morgan fingerprint density at radius 2 is 1.76 bits per heavy atom. The molecule has 3 aromatic carbocycles. The minimum Gasteiger partial charge on any atom is -0.477 e. The number of hydrogen-bond acceptors (Lipinski definition) is 3. The van der Waals surface area contributed by atoms with Gasteiger partial charge in [-0.1, -0.05) is 36.4 Å². The third kappa shape index (κ3) is 2.44. The van der Waals surface area contributed by atoms with Gasteiger partial charge in [0, 0.05) is 6.20 Å². The zero-order valence-electron chi connectivity index (χ0n) is 14.6. The van der Waals surface area contributed by atoms with Crippen LogP contribution in [0, 0.1) is 11.6 Å². The molecule has 4 aromatic rings. The smallest absolute Gasteiger partial charge is 0.341 e. The third-order valence-corrected chi connectivity index (χ3v) is 4.91. The molecule has 0 amide bonds. The highest BCUT2D eigenvalue weighted by atomic mass is 19.2. The SMILES string of the molecule is O=C(O)c1cn2c3c(c(F)c(F)cc3c1=O)Oc1ccc(-c3ccccc3)cc1-2. The molecule has 1 aromatic heterocycles. The van der Waals surface area contributed by atoms with Crippen molar-refractivity contribution in [2.24, 2.45) is 0 Å². The van der Waals surface area contributed by atoms with Gasteiger partial charge in [0.1, 0.15) is 11.1 Å². The number of hydrogen-bond donors (Lipinski definition) is 1. The summed E-state index contributed by atoms with van der Waals surface area (Å²) in [7, 11) is 0. The first-order valence-electron chi connectivity index (χ1n) is 8.64. The van der Waals surface area contributed by atoms with Crippen molar-refractivity contribution >= 4 is 16.9 Å². The summed E-state index contributed by atoms with van der Waals surface area (Å²) in [6.07, 6.45) is 1.12. The average Bonchev–Trinajstić information content (AvgIpc) is 2.73. The molecule has 0 unspecified atom stereocenters. The third-order valence-electron chi connectivity index (χ3n) is 4.91. The van der Waals surface area contributed by atoms with Crippen LogP contribution >= 0.6 is 0 Å². The van der Waals surface area contributed by atoms with Gasteiger partial charge >= 0.3 is 5.97 Å². The molecular weight excluding hydrogens is 380 g/mol. The van der Waals surface area contributed by atoms with E-state index in [9.17, 15) is 23.5 Å². The molecule has 0 radical (unpaired) electrons. The quantitative estimate of drug-likeness (QED) is 0.472. The summed E-state index contributed by atoms with van der Waals surface area (Å²) >= 11 is 0. The number of ether oxygens (including phenoxy) is 1. The number of halogens is 2. The maximum absolute atomic E-state index is 14.4. The molecule has 29 heavy (non-hydrogen) atoms. The lowest BCUT2D eigenvalue weighted by Gasteiger charge is -2.24. The first kappa shape index (κ1) is 17.1. The predicted molar refractivity (Wildman–Crippen MR) is 102 cm³/mol. The summed E-state index contributed by atoms with van der Waals surface area (Å²) in [4.78, 5) is 24.1. The average molecular weight is 391 g/mol. The van der Waals surface area contributed by atoms with Gasteiger partial charge in [-0.3, -0.25) is 4.79 Å². The van der Waals surface area contributed by atoms with Crippen LogP contribution in [-0.2, 0) is 0 Å². The fraction of sp³-hybridized carbons (Fsp3) is 0. The minimum atomic E-state index is -1.46. The van der Waals surface area contributed by atoms with E-state index in [2.05, 4.69) is 0 Å². The number of carboxylic acid groups (broad SMARTS) is 1. The fourth-order valence-electron chi connectivity index (χ4n) is 3.55. The Balaban J connectivity index is 1.90. The Bertz CT molecular complexity index is 1390. The minimum absolute atomic E-state index is 0.0170. The molecule has 0 fully saturated rings. The lowest BCUT2D eigenvalue weighted by molar-refractivity contribution is 0.0695. The van der Waals surface area contributed by atoms with Gasteiger partial charge in [-0.05, 0) is 29.3 Å². The molecule has 5 rings (SSSR count). The van der Waals surface area contributed by atoms with E-state index in [4.69, 9.17) is 4.74 Å². The van der Waals surface area contributed by atoms with E-state index >= 15 is 0 Å². The number of carboxylic acids is 1. The number of carbonyl (C=O) groups is 1. The number of nitrogens with zero attached hydrogens (tertiary/aromatic N) is 1. The van der Waals surface area contributed by atoms with Gasteiger partial charge in [-0.15, -0.1) is 0 Å². The molecular formula is C22H11F2NO4. The van der Waals surface area contributed by atoms with Crippen LogP contribution in [0.1, 0.15) is 10.4 Å². The zero-order valence-corrected chi connectivity index (χ0v) is 14.6. The van der Waals surface area contributed by atoms with Crippen molar-refractivity contribution in [3.8, 4) is 28.3 Å². The van der Waals surface area contributed by atoms with Gasteiger partial charge in [0.15, 0.2) is 17.3 Å². The molecule has 0 saturated carbocycles. The first-order valence-corrected chi connectivity index (χ1v) is 8.64. The monoisotopic (exact) mass is 391 g/mol. The summed E-state index contributed by atoms with van der Waals surface area (Å²) in [6, 6.07) is 15.2. The molecule has 1 aliphatic heterocycles. The van der Waals surface area contributed by atoms with Crippen molar-refractivity contribution < 1.29 is 23.4 Å². The van der Waals surface area contributed by atoms with E-state index in [0.29, 0.717) is 11.8 Å². The van der Waals surface area contributed by atoms with E-state index in [0.717, 1.165) is 17.3 Å². The van der Waals surface area contributed by atoms with Crippen LogP contribution in [-0.4, -0.2) is 15.6 Å². The van der Waals surface area contributed by atoms with Crippen molar-refractivity contribution in [3.05, 3.63) is 88.2 Å². The van der Waals surface area contributed by atoms with E-state index in [-0.39, 0.29) is 16.7 Å². The van der Waals surface area contributed by atoms with Crippen LogP contribution in [0.3, 0.4) is 0 Å². The molecule has 0 bridgehead atoms. The highest BCUT2D eigenvalue weighted by molar-refractivity contribution is 5.96. The Morgan fingerprint density at radius 3 is 2.48 bits per heavy atom. The standard InChI is InChI=1S/C22H11F2NO4/c23-15-9-13-19-21(18(15)24)29-17-7-6-12(11-4-2-1-3-5-11)8-16(17)25(19)10-14(20(13)26)22(27)28/h1-10H,(H,27,28). The molecule has 0 atom stereocenters. The van der Waals surface area contributed by atoms with Gasteiger partial charge in [-0.25, -0.2) is 9.18 Å². The van der Waals surface area contributed by atoms with Gasteiger partial charge in [0.25, 0.3) is 0 Å². The number of aromatic carboxylic acids is 1. The topological polar surface area (TPSA) is 68.5 Å². The molecule has 0 spiro atoms. The van der Waals surface area contributed by atoms with Crippen LogP contribution in [0.5, 0.6) is 11.5 Å². The van der Waals surface area contributed by atoms with Crippen LogP contribution < -0.4 is 10.2 Å². The summed E-state index contributed by atoms with van der Waals surface area (Å²) < 4.78 is 35.5. The highest BCUT2D eigenvalue weighted by Crippen LogP contribution is 2.43. The Hall–Kier alpha value is -4.00. The number of pyridine rings is 1. The summed E-state index contributed by atoms with van der Waals surface area (Å²) in [6.45, 7) is 0. The van der Waals surface area contributed by atoms with Gasteiger partial charge in [0.2, 0.25) is 11.2 Å². The number of fused-ring (bicyclic) bond motifs is 2. The fourth-order valence-corrected chi connectivity index (χ4v) is 3.55. The van der Waals surface area contributed by atoms with Gasteiger partial charge in [-0.2, -0.15) is 4.39 Å². The molecule has 0 saturated heterocycles. The van der Waals surface area contributed by atoms with Crippen molar-refractivity contribution in [1.29, 1.82) is 0 Å². The molecule has 5 nitrogen and oxygen atoms in total. The van der Waals surface area contributed by atoms with Crippen molar-refractivity contribution in [2.45, 2.75) is 0 Å². The maximum atomic E-state index is 14.4. The number of aromatic nitrogens is 1. The summed E-state index contributed by atoms with van der Waals surface area (Å²) in [5.74, 6) is -4.23. The van der Waals surface area contributed by atoms with E-state index in [1.54, 1.807) is 18.2 Å². The second-order valence-corrected chi connectivity index (χ2v) is 6.60. The summed E-state index contributed by atoms with van der Waals surface area (Å²) in [5.41, 5.74) is 0.654. The second kappa shape index (κ2) is 6.00. The molecule has 0 aliphatic carbocycles. The lowest BCUT2D eigenvalue weighted by Crippen LogP contribution is -2.21. The van der Waals surface area contributed by atoms with Crippen LogP contribution in [0.25, 0.3) is 27.7 Å². The lowest BCUT2D eigenvalue weighted by atomic mass is 10.0. The van der Waals surface area contributed by atoms with Crippen LogP contribution in [0.2, 0.25) is 0 Å². The Kier molecular flexibility index (Phi) is 3.54. The molecule has 7 heteroatoms. The van der Waals surface area contributed by atoms with Crippen LogP contribution in [0.4, 0.5) is 8.78 Å². The van der Waals surface area contributed by atoms with E-state index in [1.807, 2.05) is 30.3 Å². The highest BCUT2D eigenvalue weighted by Gasteiger charge is 2.28. The molecule has 1 N–H and O–H groups in total. The van der Waals surface area contributed by atoms with Crippen molar-refractivity contribution in [3.63, 3.8) is 0 Å². The number of benzene rings is 3. The van der Waals surface area contributed by atoms with E-state index in [1.165, 1.54) is 4.57 Å². The first-order chi connectivity index (χ1) is 14.0. The molecule has 1 aliphatic rings. The largest absolute Gasteiger partial charge is 0.477 e. The maximum Gasteiger partial charge on any atom is 0.341 e. The van der Waals surface area contributed by atoms with E-state index < -0.39 is 34.3 Å².